The van der Waals surface area contributed by atoms with Gasteiger partial charge in [-0.15, -0.1) is 0 Å². The fraction of sp³-hybridized carbons (Fsp3) is 0.667. The molecule has 0 fully saturated rings. The van der Waals surface area contributed by atoms with Crippen molar-refractivity contribution in [2.24, 2.45) is 11.8 Å². The highest BCUT2D eigenvalue weighted by atomic mass is 16.5. The molecule has 1 aliphatic heterocycles. The molecule has 0 saturated carbocycles. The molecular weight excluding hydrogens is 160 g/mol. The zero-order chi connectivity index (χ0) is 9.84. The van der Waals surface area contributed by atoms with E-state index >= 15 is 0 Å². The van der Waals surface area contributed by atoms with E-state index in [2.05, 4.69) is 39.8 Å². The Bertz CT molecular complexity index is 223. The monoisotopic (exact) mass is 180 g/mol. The average Bonchev–Trinajstić information content (AvgIpc) is 2.06. The molecule has 0 aromatic carbocycles. The highest BCUT2D eigenvalue weighted by Crippen LogP contribution is 2.24. The Morgan fingerprint density at radius 1 is 1.46 bits per heavy atom. The molecule has 0 bridgehead atoms. The van der Waals surface area contributed by atoms with Gasteiger partial charge < -0.3 is 4.74 Å². The van der Waals surface area contributed by atoms with Crippen molar-refractivity contribution in [3.63, 3.8) is 0 Å². The largest absolute Gasteiger partial charge is 0.498 e. The zero-order valence-corrected chi connectivity index (χ0v) is 9.13. The van der Waals surface area contributed by atoms with Gasteiger partial charge in [-0.2, -0.15) is 0 Å². The first kappa shape index (κ1) is 10.4. The van der Waals surface area contributed by atoms with E-state index in [9.17, 15) is 0 Å². The van der Waals surface area contributed by atoms with Gasteiger partial charge in [-0.25, -0.2) is 0 Å². The van der Waals surface area contributed by atoms with Crippen LogP contribution in [0.5, 0.6) is 0 Å². The first-order valence-corrected chi connectivity index (χ1v) is 5.10. The van der Waals surface area contributed by atoms with Crippen LogP contribution in [0.2, 0.25) is 0 Å². The summed E-state index contributed by atoms with van der Waals surface area (Å²) in [6, 6.07) is 0. The molecule has 0 saturated heterocycles. The van der Waals surface area contributed by atoms with E-state index in [0.29, 0.717) is 11.8 Å². The fourth-order valence-electron chi connectivity index (χ4n) is 1.43. The Hall–Kier alpha value is -0.720. The summed E-state index contributed by atoms with van der Waals surface area (Å²) in [5, 5.41) is 0. The third kappa shape index (κ3) is 3.25. The van der Waals surface area contributed by atoms with E-state index in [4.69, 9.17) is 4.74 Å². The normalized spacial score (nSPS) is 24.2. The van der Waals surface area contributed by atoms with Crippen molar-refractivity contribution in [3.8, 4) is 0 Å². The highest BCUT2D eigenvalue weighted by Gasteiger charge is 2.14. The predicted molar refractivity (Wildman–Crippen MR) is 56.4 cm³/mol. The summed E-state index contributed by atoms with van der Waals surface area (Å²) in [6.07, 6.45) is 5.62. The topological polar surface area (TPSA) is 9.23 Å². The van der Waals surface area contributed by atoms with E-state index in [-0.39, 0.29) is 0 Å². The molecule has 0 aliphatic carbocycles. The Labute approximate surface area is 81.5 Å². The van der Waals surface area contributed by atoms with Gasteiger partial charge in [-0.05, 0) is 30.8 Å². The van der Waals surface area contributed by atoms with Crippen LogP contribution in [0, 0.1) is 11.8 Å². The van der Waals surface area contributed by atoms with Crippen LogP contribution in [0.1, 0.15) is 34.1 Å². The van der Waals surface area contributed by atoms with Crippen molar-refractivity contribution in [2.45, 2.75) is 34.1 Å². The molecule has 0 spiro atoms. The molecule has 13 heavy (non-hydrogen) atoms. The first-order chi connectivity index (χ1) is 6.09. The van der Waals surface area contributed by atoms with Gasteiger partial charge in [0.2, 0.25) is 0 Å². The summed E-state index contributed by atoms with van der Waals surface area (Å²) in [6.45, 7) is 9.56. The number of ether oxygens (including phenoxy) is 1. The first-order valence-electron chi connectivity index (χ1n) is 5.10. The van der Waals surface area contributed by atoms with Crippen molar-refractivity contribution in [1.82, 2.24) is 0 Å². The van der Waals surface area contributed by atoms with Crippen molar-refractivity contribution in [1.29, 1.82) is 0 Å². The van der Waals surface area contributed by atoms with Gasteiger partial charge >= 0.3 is 0 Å². The molecule has 1 rings (SSSR count). The average molecular weight is 180 g/mol. The maximum Gasteiger partial charge on any atom is 0.0960 e. The van der Waals surface area contributed by atoms with Crippen LogP contribution in [0.3, 0.4) is 0 Å². The van der Waals surface area contributed by atoms with Crippen molar-refractivity contribution >= 4 is 0 Å². The Morgan fingerprint density at radius 2 is 2.15 bits per heavy atom. The molecule has 1 nitrogen and oxygen atoms in total. The van der Waals surface area contributed by atoms with Crippen LogP contribution in [0.4, 0.5) is 0 Å². The molecule has 0 aromatic heterocycles. The van der Waals surface area contributed by atoms with Crippen LogP contribution in [0.15, 0.2) is 23.5 Å². The predicted octanol–water partition coefficient (Wildman–Crippen LogP) is 3.53. The van der Waals surface area contributed by atoms with Crippen molar-refractivity contribution in [3.05, 3.63) is 23.5 Å². The van der Waals surface area contributed by atoms with Crippen LogP contribution in [-0.4, -0.2) is 6.61 Å². The van der Waals surface area contributed by atoms with Crippen LogP contribution in [0.25, 0.3) is 0 Å². The van der Waals surface area contributed by atoms with Gasteiger partial charge in [0.25, 0.3) is 0 Å². The minimum atomic E-state index is 0.623. The summed E-state index contributed by atoms with van der Waals surface area (Å²) < 4.78 is 5.56. The Kier molecular flexibility index (Phi) is 3.58. The minimum Gasteiger partial charge on any atom is -0.498 e. The zero-order valence-electron chi connectivity index (χ0n) is 9.13. The van der Waals surface area contributed by atoms with Crippen LogP contribution < -0.4 is 0 Å². The minimum absolute atomic E-state index is 0.623. The summed E-state index contributed by atoms with van der Waals surface area (Å²) >= 11 is 0. The van der Waals surface area contributed by atoms with E-state index in [1.165, 1.54) is 5.57 Å². The van der Waals surface area contributed by atoms with E-state index in [1.807, 2.05) is 0 Å². The lowest BCUT2D eigenvalue weighted by atomic mass is 9.97. The molecule has 1 aliphatic rings. The van der Waals surface area contributed by atoms with Crippen molar-refractivity contribution in [2.75, 3.05) is 6.61 Å². The molecule has 0 aromatic rings. The Morgan fingerprint density at radius 3 is 2.77 bits per heavy atom. The lowest BCUT2D eigenvalue weighted by Gasteiger charge is -2.22. The fourth-order valence-corrected chi connectivity index (χ4v) is 1.43. The molecule has 1 heterocycles. The van der Waals surface area contributed by atoms with Gasteiger partial charge in [0.05, 0.1) is 12.4 Å². The lowest BCUT2D eigenvalue weighted by Crippen LogP contribution is -2.13. The summed E-state index contributed by atoms with van der Waals surface area (Å²) in [7, 11) is 0. The number of rotatable bonds is 2. The van der Waals surface area contributed by atoms with Gasteiger partial charge in [0, 0.05) is 0 Å². The number of hydrogen-bond donors (Lipinski definition) is 0. The maximum atomic E-state index is 5.56. The third-order valence-electron chi connectivity index (χ3n) is 2.29. The van der Waals surface area contributed by atoms with E-state index < -0.39 is 0 Å². The van der Waals surface area contributed by atoms with Crippen LogP contribution in [-0.2, 0) is 4.74 Å². The Balaban J connectivity index is 2.65. The molecule has 74 valence electrons. The molecule has 1 unspecified atom stereocenters. The smallest absolute Gasteiger partial charge is 0.0960 e. The summed E-state index contributed by atoms with van der Waals surface area (Å²) in [4.78, 5) is 0. The third-order valence-corrected chi connectivity index (χ3v) is 2.29. The van der Waals surface area contributed by atoms with Gasteiger partial charge in [0.15, 0.2) is 0 Å². The van der Waals surface area contributed by atoms with Gasteiger partial charge in [-0.3, -0.25) is 0 Å². The SMILES string of the molecule is CC1=C(/C=C\C(C)C)CC(C)CO1. The summed E-state index contributed by atoms with van der Waals surface area (Å²) in [5.41, 5.74) is 1.37. The molecule has 1 atom stereocenters. The van der Waals surface area contributed by atoms with E-state index in [0.717, 1.165) is 18.8 Å². The number of hydrogen-bond acceptors (Lipinski definition) is 1. The highest BCUT2D eigenvalue weighted by molar-refractivity contribution is 5.23. The molecule has 1 heteroatoms. The van der Waals surface area contributed by atoms with Gasteiger partial charge in [-0.1, -0.05) is 32.9 Å². The van der Waals surface area contributed by atoms with Crippen LogP contribution >= 0.6 is 0 Å². The maximum absolute atomic E-state index is 5.56. The van der Waals surface area contributed by atoms with E-state index in [1.54, 1.807) is 0 Å². The molecular formula is C12H20O. The lowest BCUT2D eigenvalue weighted by molar-refractivity contribution is 0.151. The second kappa shape index (κ2) is 4.50. The molecule has 0 radical (unpaired) electrons. The quantitative estimate of drug-likeness (QED) is 0.631. The van der Waals surface area contributed by atoms with Gasteiger partial charge in [0.1, 0.15) is 0 Å². The second-order valence-electron chi connectivity index (χ2n) is 4.30. The molecule has 0 amide bonds. The number of allylic oxidation sites excluding steroid dienone is 4. The summed E-state index contributed by atoms with van der Waals surface area (Å²) in [5.74, 6) is 2.39. The second-order valence-corrected chi connectivity index (χ2v) is 4.30. The molecule has 0 N–H and O–H groups in total. The van der Waals surface area contributed by atoms with Crippen molar-refractivity contribution < 1.29 is 4.74 Å². The standard InChI is InChI=1S/C12H20O/c1-9(2)5-6-12-7-10(3)8-13-11(12)4/h5-6,9-10H,7-8H2,1-4H3/b6-5-.